The first kappa shape index (κ1) is 13.3. The summed E-state index contributed by atoms with van der Waals surface area (Å²) >= 11 is 0. The van der Waals surface area contributed by atoms with Gasteiger partial charge in [-0.05, 0) is 23.6 Å². The number of nitrogens with zero attached hydrogens (tertiary/aromatic N) is 2. The van der Waals surface area contributed by atoms with Gasteiger partial charge in [0.2, 0.25) is 5.91 Å². The molecule has 1 heterocycles. The summed E-state index contributed by atoms with van der Waals surface area (Å²) in [6, 6.07) is 7.98. The maximum atomic E-state index is 11.7. The van der Waals surface area contributed by atoms with Crippen LogP contribution in [0, 0.1) is 0 Å². The Hall–Kier alpha value is -2.10. The van der Waals surface area contributed by atoms with Gasteiger partial charge >= 0.3 is 0 Å². The van der Waals surface area contributed by atoms with E-state index in [1.165, 1.54) is 16.5 Å². The molecule has 0 aliphatic rings. The van der Waals surface area contributed by atoms with Crippen LogP contribution in [0.25, 0.3) is 0 Å². The molecule has 4 nitrogen and oxygen atoms in total. The quantitative estimate of drug-likeness (QED) is 0.827. The lowest BCUT2D eigenvalue weighted by atomic mass is 10.0. The van der Waals surface area contributed by atoms with Gasteiger partial charge in [-0.1, -0.05) is 26.0 Å². The highest BCUT2D eigenvalue weighted by atomic mass is 16.5. The molecular formula is C15H18N2O2. The first-order valence-electron chi connectivity index (χ1n) is 6.40. The number of ether oxygens (including phenoxy) is 1. The number of carbonyl (C=O) groups is 1. The normalized spacial score (nSPS) is 10.7. The zero-order valence-electron chi connectivity index (χ0n) is 11.2. The SMILES string of the molecule is CC(C)c1cccc(OCCC(=O)n2ccnc2)c1. The second-order valence-electron chi connectivity index (χ2n) is 4.69. The molecule has 0 fully saturated rings. The minimum Gasteiger partial charge on any atom is -0.493 e. The molecule has 0 aliphatic carbocycles. The molecule has 0 amide bonds. The van der Waals surface area contributed by atoms with Crippen LogP contribution >= 0.6 is 0 Å². The molecule has 0 N–H and O–H groups in total. The van der Waals surface area contributed by atoms with Gasteiger partial charge < -0.3 is 4.74 Å². The minimum atomic E-state index is -0.0162. The van der Waals surface area contributed by atoms with Crippen LogP contribution < -0.4 is 4.74 Å². The average Bonchev–Trinajstić information content (AvgIpc) is 2.93. The molecule has 2 aromatic rings. The topological polar surface area (TPSA) is 44.1 Å². The van der Waals surface area contributed by atoms with E-state index in [1.807, 2.05) is 18.2 Å². The zero-order valence-corrected chi connectivity index (χ0v) is 11.2. The Morgan fingerprint density at radius 2 is 2.26 bits per heavy atom. The van der Waals surface area contributed by atoms with E-state index in [2.05, 4.69) is 24.9 Å². The minimum absolute atomic E-state index is 0.0162. The van der Waals surface area contributed by atoms with Crippen molar-refractivity contribution >= 4 is 5.91 Å². The van der Waals surface area contributed by atoms with Crippen LogP contribution in [0.1, 0.15) is 36.5 Å². The van der Waals surface area contributed by atoms with Gasteiger partial charge in [0.25, 0.3) is 0 Å². The molecule has 0 atom stereocenters. The Labute approximate surface area is 113 Å². The molecule has 0 bridgehead atoms. The van der Waals surface area contributed by atoms with Crippen LogP contribution in [0.2, 0.25) is 0 Å². The molecule has 0 saturated heterocycles. The predicted molar refractivity (Wildman–Crippen MR) is 73.5 cm³/mol. The van der Waals surface area contributed by atoms with Crippen LogP contribution in [0.15, 0.2) is 43.0 Å². The van der Waals surface area contributed by atoms with E-state index < -0.39 is 0 Å². The van der Waals surface area contributed by atoms with E-state index in [0.29, 0.717) is 18.9 Å². The van der Waals surface area contributed by atoms with Crippen molar-refractivity contribution in [3.05, 3.63) is 48.5 Å². The third kappa shape index (κ3) is 3.68. The van der Waals surface area contributed by atoms with Crippen molar-refractivity contribution in [3.63, 3.8) is 0 Å². The number of imidazole rings is 1. The molecular weight excluding hydrogens is 240 g/mol. The standard InChI is InChI=1S/C15H18N2O2/c1-12(2)13-4-3-5-14(10-13)19-9-6-15(18)17-8-7-16-11-17/h3-5,7-8,10-12H,6,9H2,1-2H3. The summed E-state index contributed by atoms with van der Waals surface area (Å²) in [4.78, 5) is 15.6. The van der Waals surface area contributed by atoms with Gasteiger partial charge in [-0.3, -0.25) is 9.36 Å². The van der Waals surface area contributed by atoms with Crippen molar-refractivity contribution in [1.29, 1.82) is 0 Å². The fourth-order valence-corrected chi connectivity index (χ4v) is 1.76. The second kappa shape index (κ2) is 6.18. The zero-order chi connectivity index (χ0) is 13.7. The molecule has 4 heteroatoms. The number of aromatic nitrogens is 2. The highest BCUT2D eigenvalue weighted by molar-refractivity contribution is 5.78. The lowest BCUT2D eigenvalue weighted by Crippen LogP contribution is -2.12. The highest BCUT2D eigenvalue weighted by Crippen LogP contribution is 2.20. The Morgan fingerprint density at radius 1 is 1.42 bits per heavy atom. The van der Waals surface area contributed by atoms with E-state index in [4.69, 9.17) is 4.74 Å². The van der Waals surface area contributed by atoms with E-state index in [9.17, 15) is 4.79 Å². The van der Waals surface area contributed by atoms with Crippen LogP contribution in [0.4, 0.5) is 0 Å². The van der Waals surface area contributed by atoms with Gasteiger partial charge in [-0.15, -0.1) is 0 Å². The van der Waals surface area contributed by atoms with Crippen LogP contribution in [-0.4, -0.2) is 22.1 Å². The third-order valence-electron chi connectivity index (χ3n) is 2.90. The fraction of sp³-hybridized carbons (Fsp3) is 0.333. The van der Waals surface area contributed by atoms with Gasteiger partial charge in [0, 0.05) is 12.4 Å². The van der Waals surface area contributed by atoms with Crippen LogP contribution in [0.5, 0.6) is 5.75 Å². The summed E-state index contributed by atoms with van der Waals surface area (Å²) in [6.45, 7) is 4.65. The Morgan fingerprint density at radius 3 is 2.95 bits per heavy atom. The van der Waals surface area contributed by atoms with Crippen LogP contribution in [-0.2, 0) is 0 Å². The summed E-state index contributed by atoms with van der Waals surface area (Å²) in [5, 5.41) is 0. The van der Waals surface area contributed by atoms with E-state index in [-0.39, 0.29) is 5.91 Å². The third-order valence-corrected chi connectivity index (χ3v) is 2.90. The molecule has 1 aromatic carbocycles. The molecule has 0 radical (unpaired) electrons. The van der Waals surface area contributed by atoms with Gasteiger partial charge in [0.15, 0.2) is 0 Å². The van der Waals surface area contributed by atoms with E-state index >= 15 is 0 Å². The Bertz CT molecular complexity index is 533. The summed E-state index contributed by atoms with van der Waals surface area (Å²) in [5.41, 5.74) is 1.23. The molecule has 0 saturated carbocycles. The molecule has 0 spiro atoms. The fourth-order valence-electron chi connectivity index (χ4n) is 1.76. The van der Waals surface area contributed by atoms with Crippen molar-refractivity contribution in [3.8, 4) is 5.75 Å². The van der Waals surface area contributed by atoms with Crippen molar-refractivity contribution in [1.82, 2.24) is 9.55 Å². The van der Waals surface area contributed by atoms with Gasteiger partial charge in [-0.2, -0.15) is 0 Å². The molecule has 19 heavy (non-hydrogen) atoms. The summed E-state index contributed by atoms with van der Waals surface area (Å²) in [7, 11) is 0. The maximum Gasteiger partial charge on any atom is 0.235 e. The average molecular weight is 258 g/mol. The number of hydrogen-bond acceptors (Lipinski definition) is 3. The van der Waals surface area contributed by atoms with Crippen molar-refractivity contribution < 1.29 is 9.53 Å². The Balaban J connectivity index is 1.86. The highest BCUT2D eigenvalue weighted by Gasteiger charge is 2.05. The Kier molecular flexibility index (Phi) is 4.34. The summed E-state index contributed by atoms with van der Waals surface area (Å²) < 4.78 is 7.08. The predicted octanol–water partition coefficient (Wildman–Crippen LogP) is 3.12. The monoisotopic (exact) mass is 258 g/mol. The van der Waals surface area contributed by atoms with Crippen LogP contribution in [0.3, 0.4) is 0 Å². The number of rotatable bonds is 5. The lowest BCUT2D eigenvalue weighted by Gasteiger charge is -2.09. The van der Waals surface area contributed by atoms with Crippen molar-refractivity contribution in [2.45, 2.75) is 26.2 Å². The summed E-state index contributed by atoms with van der Waals surface area (Å²) in [5.74, 6) is 1.26. The largest absolute Gasteiger partial charge is 0.493 e. The van der Waals surface area contributed by atoms with E-state index in [1.54, 1.807) is 12.4 Å². The smallest absolute Gasteiger partial charge is 0.235 e. The van der Waals surface area contributed by atoms with Gasteiger partial charge in [0.1, 0.15) is 12.1 Å². The van der Waals surface area contributed by atoms with Gasteiger partial charge in [0.05, 0.1) is 13.0 Å². The van der Waals surface area contributed by atoms with E-state index in [0.717, 1.165) is 5.75 Å². The number of carbonyl (C=O) groups excluding carboxylic acids is 1. The second-order valence-corrected chi connectivity index (χ2v) is 4.69. The van der Waals surface area contributed by atoms with Crippen molar-refractivity contribution in [2.24, 2.45) is 0 Å². The van der Waals surface area contributed by atoms with Gasteiger partial charge in [-0.25, -0.2) is 4.98 Å². The maximum absolute atomic E-state index is 11.7. The molecule has 100 valence electrons. The van der Waals surface area contributed by atoms with Crippen molar-refractivity contribution in [2.75, 3.05) is 6.61 Å². The number of hydrogen-bond donors (Lipinski definition) is 0. The molecule has 1 aromatic heterocycles. The molecule has 0 aliphatic heterocycles. The number of benzene rings is 1. The summed E-state index contributed by atoms with van der Waals surface area (Å²) in [6.07, 6.45) is 5.07. The molecule has 2 rings (SSSR count). The first-order valence-corrected chi connectivity index (χ1v) is 6.40. The first-order chi connectivity index (χ1) is 9.16. The molecule has 0 unspecified atom stereocenters. The lowest BCUT2D eigenvalue weighted by molar-refractivity contribution is 0.0881.